The van der Waals surface area contributed by atoms with Crippen molar-refractivity contribution < 1.29 is 19.1 Å². The van der Waals surface area contributed by atoms with Crippen molar-refractivity contribution in [2.45, 2.75) is 78.7 Å². The normalized spacial score (nSPS) is 38.4. The van der Waals surface area contributed by atoms with Gasteiger partial charge in [0.1, 0.15) is 5.60 Å². The molecule has 156 valence electrons. The highest BCUT2D eigenvalue weighted by Crippen LogP contribution is 2.70. The Morgan fingerprint density at radius 2 is 1.61 bits per heavy atom. The zero-order valence-electron chi connectivity index (χ0n) is 18.1. The molecule has 0 aliphatic heterocycles. The fraction of sp³-hybridized carbons (Fsp3) is 0.833. The SMILES string of the molecule is C=C(OC(=O)C(C)(C)CC)C(=O)OC(C)(C)C1CC2CC1C1C3CCC(C3)C21. The molecule has 28 heavy (non-hydrogen) atoms. The van der Waals surface area contributed by atoms with Gasteiger partial charge in [-0.05, 0) is 108 Å². The fourth-order valence-corrected chi connectivity index (χ4v) is 7.17. The molecule has 0 spiro atoms. The average Bonchev–Trinajstić information content (AvgIpc) is 3.39. The molecule has 0 radical (unpaired) electrons. The van der Waals surface area contributed by atoms with Gasteiger partial charge in [-0.15, -0.1) is 0 Å². The second-order valence-electron chi connectivity index (χ2n) is 11.0. The number of fused-ring (bicyclic) bond motifs is 9. The van der Waals surface area contributed by atoms with Crippen molar-refractivity contribution in [3.8, 4) is 0 Å². The summed E-state index contributed by atoms with van der Waals surface area (Å²) < 4.78 is 11.1. The van der Waals surface area contributed by atoms with E-state index >= 15 is 0 Å². The van der Waals surface area contributed by atoms with E-state index in [0.717, 1.165) is 29.6 Å². The lowest BCUT2D eigenvalue weighted by Crippen LogP contribution is -2.45. The Balaban J connectivity index is 1.39. The van der Waals surface area contributed by atoms with E-state index in [2.05, 4.69) is 6.58 Å². The Morgan fingerprint density at radius 3 is 2.25 bits per heavy atom. The number of hydrogen-bond donors (Lipinski definition) is 0. The van der Waals surface area contributed by atoms with Crippen LogP contribution in [0.15, 0.2) is 12.3 Å². The molecule has 0 N–H and O–H groups in total. The van der Waals surface area contributed by atoms with Crippen molar-refractivity contribution in [3.05, 3.63) is 12.3 Å². The molecule has 7 unspecified atom stereocenters. The Bertz CT molecular complexity index is 691. The second kappa shape index (κ2) is 6.60. The zero-order chi connectivity index (χ0) is 20.4. The van der Waals surface area contributed by atoms with Crippen LogP contribution < -0.4 is 0 Å². The van der Waals surface area contributed by atoms with Gasteiger partial charge in [-0.2, -0.15) is 0 Å². The molecule has 0 aromatic carbocycles. The van der Waals surface area contributed by atoms with E-state index < -0.39 is 23.0 Å². The predicted octanol–water partition coefficient (Wildman–Crippen LogP) is 5.12. The first-order chi connectivity index (χ1) is 13.0. The summed E-state index contributed by atoms with van der Waals surface area (Å²) in [5, 5.41) is 0. The summed E-state index contributed by atoms with van der Waals surface area (Å²) in [5.41, 5.74) is -1.20. The molecule has 4 rings (SSSR count). The maximum Gasteiger partial charge on any atom is 0.374 e. The van der Waals surface area contributed by atoms with Gasteiger partial charge in [-0.3, -0.25) is 4.79 Å². The third kappa shape index (κ3) is 3.02. The molecule has 0 aromatic rings. The van der Waals surface area contributed by atoms with Crippen molar-refractivity contribution in [2.75, 3.05) is 0 Å². The number of carbonyl (C=O) groups excluding carboxylic acids is 2. The maximum absolute atomic E-state index is 12.6. The predicted molar refractivity (Wildman–Crippen MR) is 107 cm³/mol. The summed E-state index contributed by atoms with van der Waals surface area (Å²) in [6, 6.07) is 0. The summed E-state index contributed by atoms with van der Waals surface area (Å²) in [4.78, 5) is 24.9. The molecule has 0 amide bonds. The summed E-state index contributed by atoms with van der Waals surface area (Å²) in [7, 11) is 0. The average molecular weight is 389 g/mol. The number of rotatable bonds is 6. The first-order valence-electron chi connectivity index (χ1n) is 11.2. The van der Waals surface area contributed by atoms with E-state index in [4.69, 9.17) is 9.47 Å². The quantitative estimate of drug-likeness (QED) is 0.274. The Morgan fingerprint density at radius 1 is 0.964 bits per heavy atom. The van der Waals surface area contributed by atoms with E-state index in [-0.39, 0.29) is 5.76 Å². The molecule has 4 nitrogen and oxygen atoms in total. The minimum absolute atomic E-state index is 0.194. The van der Waals surface area contributed by atoms with Gasteiger partial charge in [-0.1, -0.05) is 6.92 Å². The Kier molecular flexibility index (Phi) is 4.71. The topological polar surface area (TPSA) is 52.6 Å². The minimum atomic E-state index is -0.639. The van der Waals surface area contributed by atoms with Crippen LogP contribution in [0.2, 0.25) is 0 Å². The van der Waals surface area contributed by atoms with Crippen LogP contribution in [0.4, 0.5) is 0 Å². The molecule has 4 heteroatoms. The van der Waals surface area contributed by atoms with Gasteiger partial charge in [0.25, 0.3) is 0 Å². The van der Waals surface area contributed by atoms with Crippen molar-refractivity contribution in [3.63, 3.8) is 0 Å². The van der Waals surface area contributed by atoms with Gasteiger partial charge in [0, 0.05) is 5.92 Å². The number of esters is 2. The van der Waals surface area contributed by atoms with Crippen LogP contribution in [0, 0.1) is 46.8 Å². The number of carbonyl (C=O) groups is 2. The molecule has 0 heterocycles. The highest BCUT2D eigenvalue weighted by atomic mass is 16.6. The van der Waals surface area contributed by atoms with E-state index in [9.17, 15) is 9.59 Å². The molecule has 4 bridgehead atoms. The van der Waals surface area contributed by atoms with Gasteiger partial charge in [0.15, 0.2) is 0 Å². The lowest BCUT2D eigenvalue weighted by Gasteiger charge is -2.44. The van der Waals surface area contributed by atoms with Crippen molar-refractivity contribution >= 4 is 11.9 Å². The molecular formula is C24H36O4. The third-order valence-corrected chi connectivity index (χ3v) is 8.86. The van der Waals surface area contributed by atoms with Crippen molar-refractivity contribution in [2.24, 2.45) is 46.8 Å². The maximum atomic E-state index is 12.6. The van der Waals surface area contributed by atoms with Gasteiger partial charge in [-0.25, -0.2) is 4.79 Å². The Hall–Kier alpha value is -1.32. The zero-order valence-corrected chi connectivity index (χ0v) is 18.1. The number of hydrogen-bond acceptors (Lipinski definition) is 4. The standard InChI is InChI=1S/C24H36O4/c1-7-23(3,4)22(26)27-13(2)21(25)28-24(5,6)18-12-16-11-17(18)20-15-9-8-14(10-15)19(16)20/h14-20H,2,7-12H2,1,3-6H3. The molecule has 4 saturated carbocycles. The van der Waals surface area contributed by atoms with Crippen LogP contribution in [0.5, 0.6) is 0 Å². The second-order valence-corrected chi connectivity index (χ2v) is 11.0. The van der Waals surface area contributed by atoms with Crippen LogP contribution in [-0.2, 0) is 19.1 Å². The number of ether oxygens (including phenoxy) is 2. The van der Waals surface area contributed by atoms with Crippen molar-refractivity contribution in [1.82, 2.24) is 0 Å². The first-order valence-corrected chi connectivity index (χ1v) is 11.2. The van der Waals surface area contributed by atoms with Crippen LogP contribution in [-0.4, -0.2) is 17.5 Å². The van der Waals surface area contributed by atoms with Crippen LogP contribution in [0.3, 0.4) is 0 Å². The summed E-state index contributed by atoms with van der Waals surface area (Å²) in [6.45, 7) is 13.3. The minimum Gasteiger partial charge on any atom is -0.454 e. The lowest BCUT2D eigenvalue weighted by molar-refractivity contribution is -0.170. The van der Waals surface area contributed by atoms with Gasteiger partial charge < -0.3 is 9.47 Å². The van der Waals surface area contributed by atoms with Crippen LogP contribution in [0.25, 0.3) is 0 Å². The third-order valence-electron chi connectivity index (χ3n) is 8.86. The largest absolute Gasteiger partial charge is 0.454 e. The van der Waals surface area contributed by atoms with E-state index in [0.29, 0.717) is 18.3 Å². The molecule has 4 fully saturated rings. The van der Waals surface area contributed by atoms with Gasteiger partial charge >= 0.3 is 11.9 Å². The highest BCUT2D eigenvalue weighted by Gasteiger charge is 2.64. The summed E-state index contributed by atoms with van der Waals surface area (Å²) in [6.07, 6.45) is 7.41. The Labute approximate surface area is 169 Å². The van der Waals surface area contributed by atoms with Gasteiger partial charge in [0.05, 0.1) is 5.41 Å². The first kappa shape index (κ1) is 20.0. The highest BCUT2D eigenvalue weighted by molar-refractivity contribution is 5.90. The fourth-order valence-electron chi connectivity index (χ4n) is 7.17. The van der Waals surface area contributed by atoms with Crippen LogP contribution >= 0.6 is 0 Å². The van der Waals surface area contributed by atoms with E-state index in [1.165, 1.54) is 32.1 Å². The summed E-state index contributed by atoms with van der Waals surface area (Å²) >= 11 is 0. The van der Waals surface area contributed by atoms with Crippen molar-refractivity contribution in [1.29, 1.82) is 0 Å². The lowest BCUT2D eigenvalue weighted by atomic mass is 9.64. The molecule has 7 atom stereocenters. The molecule has 4 aliphatic carbocycles. The van der Waals surface area contributed by atoms with Gasteiger partial charge in [0.2, 0.25) is 5.76 Å². The molecule has 0 saturated heterocycles. The van der Waals surface area contributed by atoms with E-state index in [1.807, 2.05) is 20.8 Å². The monoisotopic (exact) mass is 388 g/mol. The smallest absolute Gasteiger partial charge is 0.374 e. The molecule has 4 aliphatic rings. The molecular weight excluding hydrogens is 352 g/mol. The van der Waals surface area contributed by atoms with Crippen LogP contribution in [0.1, 0.15) is 73.1 Å². The molecule has 0 aromatic heterocycles. The summed E-state index contributed by atoms with van der Waals surface area (Å²) in [5.74, 6) is 4.35. The van der Waals surface area contributed by atoms with E-state index in [1.54, 1.807) is 13.8 Å².